The Morgan fingerprint density at radius 2 is 1.94 bits per heavy atom. The van der Waals surface area contributed by atoms with Gasteiger partial charge in [0.1, 0.15) is 5.75 Å². The van der Waals surface area contributed by atoms with E-state index >= 15 is 0 Å². The number of halogens is 2. The summed E-state index contributed by atoms with van der Waals surface area (Å²) < 4.78 is 28.2. The molecule has 1 rings (SSSR count). The lowest BCUT2D eigenvalue weighted by Crippen LogP contribution is -2.22. The minimum absolute atomic E-state index is 0.163. The molecule has 6 nitrogen and oxygen atoms in total. The van der Waals surface area contributed by atoms with E-state index in [1.54, 1.807) is 0 Å². The molecule has 0 fully saturated rings. The zero-order valence-electron chi connectivity index (χ0n) is 7.63. The maximum absolute atomic E-state index is 12.7. The van der Waals surface area contributed by atoms with Crippen LogP contribution in [0.4, 0.5) is 14.6 Å². The van der Waals surface area contributed by atoms with Crippen LogP contribution >= 0.6 is 0 Å². The summed E-state index contributed by atoms with van der Waals surface area (Å²) in [4.78, 5) is 22.5. The molecule has 1 aromatic rings. The van der Waals surface area contributed by atoms with Crippen molar-refractivity contribution in [2.24, 2.45) is 0 Å². The number of carbonyl (C=O) groups excluding carboxylic acids is 1. The van der Waals surface area contributed by atoms with Gasteiger partial charge in [-0.3, -0.25) is 10.1 Å². The van der Waals surface area contributed by atoms with Crippen molar-refractivity contribution in [1.82, 2.24) is 0 Å². The van der Waals surface area contributed by atoms with E-state index in [0.717, 1.165) is 24.3 Å². The topological polar surface area (TPSA) is 78.7 Å². The first-order valence-electron chi connectivity index (χ1n) is 3.92. The quantitative estimate of drug-likeness (QED) is 0.584. The van der Waals surface area contributed by atoms with Gasteiger partial charge in [0.05, 0.1) is 4.92 Å². The lowest BCUT2D eigenvalue weighted by molar-refractivity contribution is -0.384. The largest absolute Gasteiger partial charge is 0.450 e. The average molecular weight is 233 g/mol. The van der Waals surface area contributed by atoms with Gasteiger partial charge in [0.25, 0.3) is 5.69 Å². The molecule has 0 radical (unpaired) electrons. The molecule has 1 atom stereocenters. The van der Waals surface area contributed by atoms with Crippen LogP contribution in [0, 0.1) is 10.1 Å². The van der Waals surface area contributed by atoms with Gasteiger partial charge in [-0.25, -0.2) is 9.74 Å². The highest BCUT2D eigenvalue weighted by atomic mass is 19.3. The smallest absolute Gasteiger partial charge is 0.421 e. The van der Waals surface area contributed by atoms with Crippen LogP contribution in [0.2, 0.25) is 0 Å². The first-order valence-corrected chi connectivity index (χ1v) is 3.92. The number of alkyl halides is 1. The second-order valence-electron chi connectivity index (χ2n) is 2.58. The number of hydrogen-bond donors (Lipinski definition) is 0. The molecule has 0 aliphatic heterocycles. The molecule has 1 aromatic carbocycles. The minimum atomic E-state index is -2.62. The van der Waals surface area contributed by atoms with Crippen LogP contribution in [0.3, 0.4) is 0 Å². The van der Waals surface area contributed by atoms with E-state index in [2.05, 4.69) is 9.68 Å². The second kappa shape index (κ2) is 5.01. The van der Waals surface area contributed by atoms with E-state index in [9.17, 15) is 23.8 Å². The van der Waals surface area contributed by atoms with E-state index < -0.39 is 17.3 Å². The van der Waals surface area contributed by atoms with Gasteiger partial charge >= 0.3 is 12.3 Å². The Hall–Kier alpha value is -2.25. The van der Waals surface area contributed by atoms with Gasteiger partial charge in [0, 0.05) is 16.7 Å². The fraction of sp³-hybridized carbons (Fsp3) is 0.125. The average Bonchev–Trinajstić information content (AvgIpc) is 2.28. The van der Waals surface area contributed by atoms with E-state index in [1.807, 2.05) is 0 Å². The van der Waals surface area contributed by atoms with E-state index in [-0.39, 0.29) is 11.4 Å². The molecular weight excluding hydrogens is 228 g/mol. The molecule has 0 heterocycles. The third kappa shape index (κ3) is 2.87. The zero-order chi connectivity index (χ0) is 12.1. The third-order valence-electron chi connectivity index (χ3n) is 1.55. The molecule has 1 unspecified atom stereocenters. The first kappa shape index (κ1) is 11.8. The van der Waals surface area contributed by atoms with Crippen LogP contribution in [0.5, 0.6) is 5.75 Å². The van der Waals surface area contributed by atoms with E-state index in [0.29, 0.717) is 0 Å². The molecule has 0 N–H and O–H groups in total. The van der Waals surface area contributed by atoms with Gasteiger partial charge in [-0.05, 0) is 12.1 Å². The zero-order valence-corrected chi connectivity index (χ0v) is 7.63. The summed E-state index contributed by atoms with van der Waals surface area (Å²) in [5.74, 6) is -2.00. The number of benzene rings is 1. The van der Waals surface area contributed by atoms with Gasteiger partial charge < -0.3 is 4.74 Å². The predicted molar refractivity (Wildman–Crippen MR) is 45.8 cm³/mol. The number of carbonyl (C=O) groups is 1. The van der Waals surface area contributed by atoms with Crippen LogP contribution in [0.15, 0.2) is 24.3 Å². The van der Waals surface area contributed by atoms with Crippen molar-refractivity contribution in [1.29, 1.82) is 0 Å². The van der Waals surface area contributed by atoms with Gasteiger partial charge in [-0.15, -0.1) is 0 Å². The summed E-state index contributed by atoms with van der Waals surface area (Å²) in [6.07, 6.45) is -2.62. The summed E-state index contributed by atoms with van der Waals surface area (Å²) in [6, 6.07) is 4.22. The Kier molecular flexibility index (Phi) is 3.70. The lowest BCUT2D eigenvalue weighted by Gasteiger charge is -2.06. The summed E-state index contributed by atoms with van der Waals surface area (Å²) in [5, 5.41) is 10.3. The van der Waals surface area contributed by atoms with Crippen molar-refractivity contribution >= 4 is 11.7 Å². The molecule has 86 valence electrons. The van der Waals surface area contributed by atoms with E-state index in [4.69, 9.17) is 0 Å². The summed E-state index contributed by atoms with van der Waals surface area (Å²) in [6.45, 7) is 0. The van der Waals surface area contributed by atoms with Crippen molar-refractivity contribution < 1.29 is 28.3 Å². The van der Waals surface area contributed by atoms with Gasteiger partial charge in [-0.2, -0.15) is 4.39 Å². The Labute approximate surface area is 87.4 Å². The molecule has 0 bridgehead atoms. The Morgan fingerprint density at radius 1 is 1.38 bits per heavy atom. The van der Waals surface area contributed by atoms with Gasteiger partial charge in [0.2, 0.25) is 0 Å². The highest BCUT2D eigenvalue weighted by Gasteiger charge is 2.22. The highest BCUT2D eigenvalue weighted by molar-refractivity contribution is 5.72. The number of non-ortho nitro benzene ring substituents is 1. The van der Waals surface area contributed by atoms with Crippen LogP contribution in [-0.2, 0) is 9.74 Å². The van der Waals surface area contributed by atoms with Crippen molar-refractivity contribution in [2.75, 3.05) is 0 Å². The molecule has 0 aliphatic rings. The van der Waals surface area contributed by atoms with Crippen molar-refractivity contribution in [3.8, 4) is 5.75 Å². The number of hydrogen-bond acceptors (Lipinski definition) is 5. The molecular formula is C8H5F2NO5. The van der Waals surface area contributed by atoms with Crippen LogP contribution in [0.1, 0.15) is 0 Å². The molecule has 0 saturated heterocycles. The Bertz CT molecular complexity index is 394. The molecule has 0 amide bonds. The summed E-state index contributed by atoms with van der Waals surface area (Å²) in [5.41, 5.74) is -0.226. The van der Waals surface area contributed by atoms with E-state index in [1.165, 1.54) is 0 Å². The molecule has 8 heteroatoms. The maximum Gasteiger partial charge on any atom is 0.421 e. The number of rotatable bonds is 4. The standard InChI is InChI=1S/C8H5F2NO5/c9-7(8(12)16-10)15-6-3-1-5(2-4-6)11(13)14/h1-4,7H. The number of nitrogens with zero attached hydrogens (tertiary/aromatic N) is 1. The highest BCUT2D eigenvalue weighted by Crippen LogP contribution is 2.18. The van der Waals surface area contributed by atoms with Gasteiger partial charge in [-0.1, -0.05) is 0 Å². The SMILES string of the molecule is O=C(OF)C(F)Oc1ccc([N+](=O)[O-])cc1. The normalized spacial score (nSPS) is 11.6. The Balaban J connectivity index is 2.68. The lowest BCUT2D eigenvalue weighted by atomic mass is 10.3. The maximum atomic E-state index is 12.7. The molecule has 0 spiro atoms. The Morgan fingerprint density at radius 3 is 2.38 bits per heavy atom. The molecule has 0 aliphatic carbocycles. The number of nitro benzene ring substituents is 1. The number of ether oxygens (including phenoxy) is 1. The second-order valence-corrected chi connectivity index (χ2v) is 2.58. The fourth-order valence-corrected chi connectivity index (χ4v) is 0.849. The van der Waals surface area contributed by atoms with Crippen molar-refractivity contribution in [3.63, 3.8) is 0 Å². The van der Waals surface area contributed by atoms with Crippen molar-refractivity contribution in [3.05, 3.63) is 34.4 Å². The minimum Gasteiger partial charge on any atom is -0.450 e. The summed E-state index contributed by atoms with van der Waals surface area (Å²) >= 11 is 0. The predicted octanol–water partition coefficient (Wildman–Crippen LogP) is 1.70. The molecule has 0 aromatic heterocycles. The van der Waals surface area contributed by atoms with Crippen LogP contribution in [0.25, 0.3) is 0 Å². The van der Waals surface area contributed by atoms with Crippen LogP contribution in [-0.4, -0.2) is 17.3 Å². The summed E-state index contributed by atoms with van der Waals surface area (Å²) in [7, 11) is 0. The van der Waals surface area contributed by atoms with Gasteiger partial charge in [0.15, 0.2) is 0 Å². The molecule has 16 heavy (non-hydrogen) atoms. The molecule has 0 saturated carbocycles. The number of nitro groups is 1. The first-order chi connectivity index (χ1) is 7.54. The fourth-order valence-electron chi connectivity index (χ4n) is 0.849. The van der Waals surface area contributed by atoms with Crippen LogP contribution < -0.4 is 4.74 Å². The third-order valence-corrected chi connectivity index (χ3v) is 1.55. The monoisotopic (exact) mass is 233 g/mol. The van der Waals surface area contributed by atoms with Crippen molar-refractivity contribution in [2.45, 2.75) is 6.36 Å².